The molecule has 4 atom stereocenters. The van der Waals surface area contributed by atoms with Gasteiger partial charge in [0.1, 0.15) is 11.9 Å². The van der Waals surface area contributed by atoms with Crippen LogP contribution in [0.4, 0.5) is 0 Å². The molecule has 2 fully saturated rings. The summed E-state index contributed by atoms with van der Waals surface area (Å²) in [6, 6.07) is 0. The monoisotopic (exact) mass is 288 g/mol. The van der Waals surface area contributed by atoms with E-state index in [1.54, 1.807) is 0 Å². The van der Waals surface area contributed by atoms with Crippen molar-refractivity contribution in [1.29, 1.82) is 0 Å². The summed E-state index contributed by atoms with van der Waals surface area (Å²) in [5.74, 6) is 0.835. The van der Waals surface area contributed by atoms with E-state index in [2.05, 4.69) is 22.9 Å². The first kappa shape index (κ1) is 12.1. The lowest BCUT2D eigenvalue weighted by Crippen LogP contribution is -2.50. The fourth-order valence-electron chi connectivity index (χ4n) is 3.16. The summed E-state index contributed by atoms with van der Waals surface area (Å²) in [5, 5.41) is 0. The normalized spacial score (nSPS) is 43.6. The van der Waals surface area contributed by atoms with E-state index in [9.17, 15) is 9.59 Å². The second kappa shape index (κ2) is 4.47. The van der Waals surface area contributed by atoms with E-state index in [0.717, 1.165) is 19.3 Å². The van der Waals surface area contributed by atoms with Crippen LogP contribution in [0.15, 0.2) is 0 Å². The zero-order valence-electron chi connectivity index (χ0n) is 9.45. The number of ketones is 1. The number of hydrogen-bond donors (Lipinski definition) is 0. The molecule has 0 saturated heterocycles. The minimum atomic E-state index is -0.0352. The van der Waals surface area contributed by atoms with Gasteiger partial charge in [0.2, 0.25) is 0 Å². The molecule has 0 heterocycles. The molecule has 0 aromatic heterocycles. The first-order valence-corrected chi connectivity index (χ1v) is 6.74. The standard InChI is InChI=1S/C12H17BrO3/c1-12-5-4-9(15)6-8(12)2-3-10(11(12)13)16-7-14/h7-8,10-11H,2-6H2,1H3/t8-,10?,11?,12?/m1/s1. The molecule has 0 bridgehead atoms. The molecule has 0 radical (unpaired) electrons. The first-order chi connectivity index (χ1) is 7.58. The van der Waals surface area contributed by atoms with Gasteiger partial charge in [-0.1, -0.05) is 22.9 Å². The Morgan fingerprint density at radius 1 is 1.50 bits per heavy atom. The molecule has 0 aromatic carbocycles. The Bertz CT molecular complexity index is 305. The second-order valence-corrected chi connectivity index (χ2v) is 6.18. The van der Waals surface area contributed by atoms with E-state index >= 15 is 0 Å². The highest BCUT2D eigenvalue weighted by atomic mass is 79.9. The van der Waals surface area contributed by atoms with Gasteiger partial charge in [0, 0.05) is 12.8 Å². The van der Waals surface area contributed by atoms with Crippen molar-refractivity contribution in [1.82, 2.24) is 0 Å². The Morgan fingerprint density at radius 2 is 2.25 bits per heavy atom. The van der Waals surface area contributed by atoms with Crippen LogP contribution < -0.4 is 0 Å². The Balaban J connectivity index is 2.15. The van der Waals surface area contributed by atoms with Crippen LogP contribution in [-0.4, -0.2) is 23.2 Å². The van der Waals surface area contributed by atoms with E-state index in [-0.39, 0.29) is 16.3 Å². The summed E-state index contributed by atoms with van der Waals surface area (Å²) in [6.07, 6.45) is 4.10. The minimum Gasteiger partial charge on any atom is -0.463 e. The summed E-state index contributed by atoms with van der Waals surface area (Å²) >= 11 is 3.68. The maximum absolute atomic E-state index is 11.5. The van der Waals surface area contributed by atoms with Gasteiger partial charge in [-0.15, -0.1) is 0 Å². The zero-order chi connectivity index (χ0) is 11.8. The first-order valence-electron chi connectivity index (χ1n) is 5.83. The Kier molecular flexibility index (Phi) is 3.38. The molecule has 0 N–H and O–H groups in total. The quantitative estimate of drug-likeness (QED) is 0.579. The SMILES string of the molecule is CC12CCC(=O)C[C@H]1CCC(OC=O)C2Br. The molecule has 2 aliphatic carbocycles. The molecule has 0 amide bonds. The van der Waals surface area contributed by atoms with E-state index < -0.39 is 0 Å². The second-order valence-electron chi connectivity index (χ2n) is 5.20. The fraction of sp³-hybridized carbons (Fsp3) is 0.833. The van der Waals surface area contributed by atoms with Crippen molar-refractivity contribution < 1.29 is 14.3 Å². The van der Waals surface area contributed by atoms with Crippen molar-refractivity contribution in [3.8, 4) is 0 Å². The molecule has 2 rings (SSSR count). The lowest BCUT2D eigenvalue weighted by atomic mass is 9.59. The lowest BCUT2D eigenvalue weighted by molar-refractivity contribution is -0.141. The van der Waals surface area contributed by atoms with Gasteiger partial charge in [0.05, 0.1) is 4.83 Å². The highest BCUT2D eigenvalue weighted by Crippen LogP contribution is 2.52. The number of ether oxygens (including phenoxy) is 1. The fourth-order valence-corrected chi connectivity index (χ4v) is 4.15. The third-order valence-corrected chi connectivity index (χ3v) is 5.97. The molecule has 0 aromatic rings. The van der Waals surface area contributed by atoms with Crippen molar-refractivity contribution in [2.75, 3.05) is 0 Å². The van der Waals surface area contributed by atoms with Crippen LogP contribution in [0, 0.1) is 11.3 Å². The maximum Gasteiger partial charge on any atom is 0.293 e. The number of rotatable bonds is 2. The predicted molar refractivity (Wildman–Crippen MR) is 63.3 cm³/mol. The van der Waals surface area contributed by atoms with Crippen LogP contribution >= 0.6 is 15.9 Å². The lowest BCUT2D eigenvalue weighted by Gasteiger charge is -2.50. The molecule has 2 saturated carbocycles. The van der Waals surface area contributed by atoms with Gasteiger partial charge in [-0.05, 0) is 30.6 Å². The van der Waals surface area contributed by atoms with Crippen LogP contribution in [0.3, 0.4) is 0 Å². The Labute approximate surface area is 104 Å². The third-order valence-electron chi connectivity index (χ3n) is 4.34. The predicted octanol–water partition coefficient (Wildman–Crippen LogP) is 2.46. The highest BCUT2D eigenvalue weighted by molar-refractivity contribution is 9.09. The van der Waals surface area contributed by atoms with Gasteiger partial charge in [-0.25, -0.2) is 0 Å². The number of hydrogen-bond acceptors (Lipinski definition) is 3. The molecule has 0 aliphatic heterocycles. The van der Waals surface area contributed by atoms with Crippen LogP contribution in [0.25, 0.3) is 0 Å². The van der Waals surface area contributed by atoms with E-state index in [1.807, 2.05) is 0 Å². The topological polar surface area (TPSA) is 43.4 Å². The maximum atomic E-state index is 11.5. The van der Waals surface area contributed by atoms with Crippen LogP contribution in [0.5, 0.6) is 0 Å². The van der Waals surface area contributed by atoms with Gasteiger partial charge in [0.15, 0.2) is 0 Å². The van der Waals surface area contributed by atoms with Crippen LogP contribution in [0.2, 0.25) is 0 Å². The van der Waals surface area contributed by atoms with Crippen molar-refractivity contribution in [3.63, 3.8) is 0 Å². The van der Waals surface area contributed by atoms with Crippen molar-refractivity contribution >= 4 is 28.2 Å². The van der Waals surface area contributed by atoms with Gasteiger partial charge < -0.3 is 4.74 Å². The number of carbonyl (C=O) groups is 2. The van der Waals surface area contributed by atoms with Gasteiger partial charge >= 0.3 is 0 Å². The number of fused-ring (bicyclic) bond motifs is 1. The zero-order valence-corrected chi connectivity index (χ0v) is 11.0. The van der Waals surface area contributed by atoms with E-state index in [0.29, 0.717) is 31.0 Å². The number of halogens is 1. The average molecular weight is 289 g/mol. The molecule has 3 unspecified atom stereocenters. The van der Waals surface area contributed by atoms with Crippen molar-refractivity contribution in [2.24, 2.45) is 11.3 Å². The number of Topliss-reactive ketones (excluding diaryl/α,β-unsaturated/α-hetero) is 1. The third kappa shape index (κ3) is 1.92. The van der Waals surface area contributed by atoms with E-state index in [4.69, 9.17) is 4.74 Å². The molecule has 90 valence electrons. The number of carbonyl (C=O) groups excluding carboxylic acids is 2. The summed E-state index contributed by atoms with van der Waals surface area (Å²) in [4.78, 5) is 22.1. The summed E-state index contributed by atoms with van der Waals surface area (Å²) in [7, 11) is 0. The Morgan fingerprint density at radius 3 is 2.94 bits per heavy atom. The van der Waals surface area contributed by atoms with Crippen molar-refractivity contribution in [3.05, 3.63) is 0 Å². The summed E-state index contributed by atoms with van der Waals surface area (Å²) < 4.78 is 5.12. The summed E-state index contributed by atoms with van der Waals surface area (Å²) in [5.41, 5.74) is 0.0971. The van der Waals surface area contributed by atoms with Crippen LogP contribution in [-0.2, 0) is 14.3 Å². The van der Waals surface area contributed by atoms with Gasteiger partial charge in [-0.2, -0.15) is 0 Å². The van der Waals surface area contributed by atoms with Gasteiger partial charge in [-0.3, -0.25) is 9.59 Å². The van der Waals surface area contributed by atoms with Gasteiger partial charge in [0.25, 0.3) is 6.47 Å². The van der Waals surface area contributed by atoms with Crippen molar-refractivity contribution in [2.45, 2.75) is 50.0 Å². The summed E-state index contributed by atoms with van der Waals surface area (Å²) in [6.45, 7) is 2.75. The number of alkyl halides is 1. The Hall–Kier alpha value is -0.380. The molecule has 0 spiro atoms. The highest BCUT2D eigenvalue weighted by Gasteiger charge is 2.50. The smallest absolute Gasteiger partial charge is 0.293 e. The van der Waals surface area contributed by atoms with Crippen LogP contribution in [0.1, 0.15) is 39.0 Å². The molecular weight excluding hydrogens is 272 g/mol. The molecule has 16 heavy (non-hydrogen) atoms. The molecule has 3 nitrogen and oxygen atoms in total. The molecule has 2 aliphatic rings. The average Bonchev–Trinajstić information content (AvgIpc) is 2.26. The molecular formula is C12H17BrO3. The van der Waals surface area contributed by atoms with E-state index in [1.165, 1.54) is 0 Å². The minimum absolute atomic E-state index is 0.0352. The molecule has 4 heteroatoms. The largest absolute Gasteiger partial charge is 0.463 e.